The number of hydrogen-bond donors (Lipinski definition) is 2. The lowest BCUT2D eigenvalue weighted by Gasteiger charge is -2.29. The lowest BCUT2D eigenvalue weighted by atomic mass is 10.0. The van der Waals surface area contributed by atoms with E-state index >= 15 is 0 Å². The van der Waals surface area contributed by atoms with E-state index in [1.807, 2.05) is 0 Å². The highest BCUT2D eigenvalue weighted by atomic mass is 15.5. The number of benzene rings is 3. The molecule has 0 bridgehead atoms. The summed E-state index contributed by atoms with van der Waals surface area (Å²) in [5.41, 5.74) is 13.7. The minimum atomic E-state index is 0.285. The third kappa shape index (κ3) is 4.68. The first-order valence-corrected chi connectivity index (χ1v) is 10.1. The van der Waals surface area contributed by atoms with Crippen LogP contribution in [0.15, 0.2) is 78.9 Å². The zero-order chi connectivity index (χ0) is 19.3. The summed E-state index contributed by atoms with van der Waals surface area (Å²) >= 11 is 0. The Hall–Kier alpha value is -2.46. The van der Waals surface area contributed by atoms with Crippen LogP contribution in [0.5, 0.6) is 0 Å². The van der Waals surface area contributed by atoms with E-state index in [-0.39, 0.29) is 6.17 Å². The Kier molecular flexibility index (Phi) is 5.87. The zero-order valence-corrected chi connectivity index (χ0v) is 16.7. The quantitative estimate of drug-likeness (QED) is 0.647. The average molecular weight is 372 g/mol. The first-order chi connectivity index (χ1) is 13.7. The second-order valence-corrected chi connectivity index (χ2v) is 7.88. The number of rotatable bonds is 6. The minimum absolute atomic E-state index is 0.285. The molecule has 3 heteroatoms. The maximum atomic E-state index is 3.54. The lowest BCUT2D eigenvalue weighted by molar-refractivity contribution is 0.158. The monoisotopic (exact) mass is 371 g/mol. The molecule has 2 N–H and O–H groups in total. The molecule has 1 saturated heterocycles. The molecule has 0 spiro atoms. The van der Waals surface area contributed by atoms with Crippen LogP contribution in [-0.2, 0) is 13.1 Å². The molecule has 1 aliphatic heterocycles. The Morgan fingerprint density at radius 3 is 1.79 bits per heavy atom. The number of hydrazine groups is 1. The summed E-state index contributed by atoms with van der Waals surface area (Å²) in [4.78, 5) is 2.53. The highest BCUT2D eigenvalue weighted by Gasteiger charge is 2.29. The fourth-order valence-corrected chi connectivity index (χ4v) is 3.82. The summed E-state index contributed by atoms with van der Waals surface area (Å²) in [7, 11) is 0. The van der Waals surface area contributed by atoms with Crippen LogP contribution in [0.2, 0.25) is 0 Å². The minimum Gasteiger partial charge on any atom is -0.278 e. The van der Waals surface area contributed by atoms with Crippen molar-refractivity contribution in [2.75, 3.05) is 0 Å². The summed E-state index contributed by atoms with van der Waals surface area (Å²) in [6.07, 6.45) is 1.33. The van der Waals surface area contributed by atoms with Crippen LogP contribution >= 0.6 is 0 Å². The molecule has 3 aromatic rings. The number of aryl methyl sites for hydroxylation is 2. The van der Waals surface area contributed by atoms with E-state index in [2.05, 4.69) is 108 Å². The van der Waals surface area contributed by atoms with Gasteiger partial charge >= 0.3 is 0 Å². The molecule has 3 nitrogen and oxygen atoms in total. The van der Waals surface area contributed by atoms with Crippen molar-refractivity contribution in [2.24, 2.45) is 0 Å². The van der Waals surface area contributed by atoms with Gasteiger partial charge in [-0.3, -0.25) is 4.90 Å². The van der Waals surface area contributed by atoms with E-state index in [0.29, 0.717) is 6.04 Å². The van der Waals surface area contributed by atoms with Gasteiger partial charge in [-0.2, -0.15) is 0 Å². The van der Waals surface area contributed by atoms with Gasteiger partial charge in [0.15, 0.2) is 0 Å². The van der Waals surface area contributed by atoms with Gasteiger partial charge in [0.2, 0.25) is 0 Å². The summed E-state index contributed by atoms with van der Waals surface area (Å²) < 4.78 is 0. The average Bonchev–Trinajstić information content (AvgIpc) is 3.22. The Labute approximate surface area is 168 Å². The molecule has 144 valence electrons. The van der Waals surface area contributed by atoms with Gasteiger partial charge < -0.3 is 0 Å². The van der Waals surface area contributed by atoms with Crippen molar-refractivity contribution in [1.82, 2.24) is 15.8 Å². The molecule has 1 fully saturated rings. The predicted molar refractivity (Wildman–Crippen MR) is 115 cm³/mol. The van der Waals surface area contributed by atoms with Crippen LogP contribution < -0.4 is 10.9 Å². The Morgan fingerprint density at radius 2 is 1.25 bits per heavy atom. The van der Waals surface area contributed by atoms with E-state index in [0.717, 1.165) is 19.5 Å². The van der Waals surface area contributed by atoms with Crippen LogP contribution in [0.25, 0.3) is 0 Å². The highest BCUT2D eigenvalue weighted by Crippen LogP contribution is 2.26. The number of hydrogen-bond acceptors (Lipinski definition) is 3. The highest BCUT2D eigenvalue weighted by molar-refractivity contribution is 5.24. The summed E-state index contributed by atoms with van der Waals surface area (Å²) in [5, 5.41) is 0. The van der Waals surface area contributed by atoms with Crippen LogP contribution in [-0.4, -0.2) is 11.1 Å². The summed E-state index contributed by atoms with van der Waals surface area (Å²) in [6, 6.07) is 28.8. The molecule has 2 unspecified atom stereocenters. The van der Waals surface area contributed by atoms with E-state index in [9.17, 15) is 0 Å². The smallest absolute Gasteiger partial charge is 0.0753 e. The molecule has 28 heavy (non-hydrogen) atoms. The van der Waals surface area contributed by atoms with Crippen molar-refractivity contribution in [2.45, 2.75) is 45.6 Å². The molecule has 0 aliphatic carbocycles. The molecule has 0 saturated carbocycles. The van der Waals surface area contributed by atoms with Crippen molar-refractivity contribution < 1.29 is 0 Å². The van der Waals surface area contributed by atoms with Crippen LogP contribution in [0.4, 0.5) is 0 Å². The Morgan fingerprint density at radius 1 is 0.714 bits per heavy atom. The summed E-state index contributed by atoms with van der Waals surface area (Å²) in [6.45, 7) is 6.13. The van der Waals surface area contributed by atoms with Crippen LogP contribution in [0.3, 0.4) is 0 Å². The van der Waals surface area contributed by atoms with Gasteiger partial charge in [0.25, 0.3) is 0 Å². The number of nitrogens with one attached hydrogen (secondary N) is 2. The SMILES string of the molecule is Cc1ccc(CN(Cc2ccc(C)cc2)C2CC(c3ccccc3)NN2)cc1. The van der Waals surface area contributed by atoms with Crippen LogP contribution in [0.1, 0.15) is 40.3 Å². The van der Waals surface area contributed by atoms with Gasteiger partial charge in [0.1, 0.15) is 0 Å². The normalized spacial score (nSPS) is 19.2. The molecule has 4 rings (SSSR count). The zero-order valence-electron chi connectivity index (χ0n) is 16.7. The molecule has 1 heterocycles. The van der Waals surface area contributed by atoms with Gasteiger partial charge in [-0.15, -0.1) is 0 Å². The first-order valence-electron chi connectivity index (χ1n) is 10.1. The second kappa shape index (κ2) is 8.70. The van der Waals surface area contributed by atoms with E-state index in [4.69, 9.17) is 0 Å². The fraction of sp³-hybridized carbons (Fsp3) is 0.280. The topological polar surface area (TPSA) is 27.3 Å². The van der Waals surface area contributed by atoms with E-state index in [1.165, 1.54) is 27.8 Å². The van der Waals surface area contributed by atoms with Gasteiger partial charge in [-0.1, -0.05) is 90.0 Å². The van der Waals surface area contributed by atoms with Gasteiger partial charge in [0.05, 0.1) is 6.17 Å². The molecule has 2 atom stereocenters. The lowest BCUT2D eigenvalue weighted by Crippen LogP contribution is -2.43. The standard InChI is InChI=1S/C25H29N3/c1-19-8-12-21(13-9-19)17-28(18-22-14-10-20(2)11-15-22)25-16-24(26-27-25)23-6-4-3-5-7-23/h3-15,24-27H,16-18H2,1-2H3. The van der Waals surface area contributed by atoms with E-state index in [1.54, 1.807) is 0 Å². The molecule has 0 radical (unpaired) electrons. The third-order valence-corrected chi connectivity index (χ3v) is 5.54. The second-order valence-electron chi connectivity index (χ2n) is 7.88. The Balaban J connectivity index is 1.52. The molecular formula is C25H29N3. The van der Waals surface area contributed by atoms with Gasteiger partial charge in [-0.05, 0) is 37.0 Å². The van der Waals surface area contributed by atoms with Gasteiger partial charge in [-0.25, -0.2) is 10.9 Å². The van der Waals surface area contributed by atoms with Crippen molar-refractivity contribution in [3.8, 4) is 0 Å². The van der Waals surface area contributed by atoms with E-state index < -0.39 is 0 Å². The predicted octanol–water partition coefficient (Wildman–Crippen LogP) is 4.87. The van der Waals surface area contributed by atoms with Crippen LogP contribution in [0, 0.1) is 13.8 Å². The van der Waals surface area contributed by atoms with Crippen molar-refractivity contribution in [3.05, 3.63) is 107 Å². The molecule has 0 amide bonds. The molecule has 1 aliphatic rings. The molecule has 3 aromatic carbocycles. The number of nitrogens with zero attached hydrogens (tertiary/aromatic N) is 1. The van der Waals surface area contributed by atoms with Crippen molar-refractivity contribution >= 4 is 0 Å². The molecular weight excluding hydrogens is 342 g/mol. The Bertz CT molecular complexity index is 824. The fourth-order valence-electron chi connectivity index (χ4n) is 3.82. The maximum absolute atomic E-state index is 3.54. The summed E-state index contributed by atoms with van der Waals surface area (Å²) in [5.74, 6) is 0. The first kappa shape index (κ1) is 18.9. The largest absolute Gasteiger partial charge is 0.278 e. The maximum Gasteiger partial charge on any atom is 0.0753 e. The molecule has 0 aromatic heterocycles. The van der Waals surface area contributed by atoms with Gasteiger partial charge in [0, 0.05) is 19.1 Å². The van der Waals surface area contributed by atoms with Crippen molar-refractivity contribution in [3.63, 3.8) is 0 Å². The van der Waals surface area contributed by atoms with Crippen molar-refractivity contribution in [1.29, 1.82) is 0 Å². The third-order valence-electron chi connectivity index (χ3n) is 5.54.